The van der Waals surface area contributed by atoms with Crippen molar-refractivity contribution in [3.05, 3.63) is 72.9 Å². The Morgan fingerprint density at radius 2 is 1.04 bits per heavy atom. The summed E-state index contributed by atoms with van der Waals surface area (Å²) in [6.45, 7) is 2.14. The minimum absolute atomic E-state index is 0.121. The molecule has 10 nitrogen and oxygen atoms in total. The molecule has 304 valence electrons. The molecule has 0 aromatic rings. The minimum atomic E-state index is -4.64. The Balaban J connectivity index is 4.49. The van der Waals surface area contributed by atoms with E-state index < -0.39 is 51.8 Å². The zero-order valence-corrected chi connectivity index (χ0v) is 33.6. The Kier molecular flexibility index (Phi) is 35.9. The third-order valence-electron chi connectivity index (χ3n) is 7.84. The van der Waals surface area contributed by atoms with Gasteiger partial charge in [-0.05, 0) is 83.5 Å². The number of aliphatic hydroxyl groups is 2. The smallest absolute Gasteiger partial charge is 0.462 e. The zero-order valence-electron chi connectivity index (χ0n) is 32.7. The molecule has 11 heteroatoms. The molecule has 3 N–H and O–H groups in total. The van der Waals surface area contributed by atoms with Crippen molar-refractivity contribution in [3.8, 4) is 0 Å². The van der Waals surface area contributed by atoms with Crippen molar-refractivity contribution in [1.29, 1.82) is 0 Å². The van der Waals surface area contributed by atoms with Gasteiger partial charge in [-0.15, -0.1) is 0 Å². The Labute approximate surface area is 320 Å². The van der Waals surface area contributed by atoms with Crippen molar-refractivity contribution in [1.82, 2.24) is 0 Å². The number of esters is 2. The van der Waals surface area contributed by atoms with Gasteiger partial charge < -0.3 is 24.6 Å². The van der Waals surface area contributed by atoms with Gasteiger partial charge in [-0.3, -0.25) is 18.6 Å². The van der Waals surface area contributed by atoms with Crippen molar-refractivity contribution in [3.63, 3.8) is 0 Å². The van der Waals surface area contributed by atoms with Crippen LogP contribution in [0.5, 0.6) is 0 Å². The van der Waals surface area contributed by atoms with Crippen LogP contribution in [-0.4, -0.2) is 65.7 Å². The topological polar surface area (TPSA) is 149 Å². The zero-order chi connectivity index (χ0) is 39.1. The predicted molar refractivity (Wildman–Crippen MR) is 214 cm³/mol. The highest BCUT2D eigenvalue weighted by Crippen LogP contribution is 2.43. The molecule has 0 saturated carbocycles. The molecule has 0 bridgehead atoms. The summed E-state index contributed by atoms with van der Waals surface area (Å²) in [7, 11) is -4.64. The highest BCUT2D eigenvalue weighted by atomic mass is 31.2. The normalized spacial score (nSPS) is 14.7. The van der Waals surface area contributed by atoms with Gasteiger partial charge in [0.05, 0.1) is 19.8 Å². The molecule has 0 amide bonds. The second-order valence-electron chi connectivity index (χ2n) is 12.9. The number of carbonyl (C=O) groups excluding carboxylic acids is 2. The van der Waals surface area contributed by atoms with Crippen LogP contribution in [-0.2, 0) is 32.7 Å². The molecule has 0 aromatic carbocycles. The van der Waals surface area contributed by atoms with Crippen LogP contribution in [0.25, 0.3) is 0 Å². The molecule has 0 fully saturated rings. The van der Waals surface area contributed by atoms with Crippen molar-refractivity contribution in [2.75, 3.05) is 26.4 Å². The third-order valence-corrected chi connectivity index (χ3v) is 8.80. The Bertz CT molecular complexity index is 1110. The lowest BCUT2D eigenvalue weighted by molar-refractivity contribution is -0.161. The first-order chi connectivity index (χ1) is 25.7. The van der Waals surface area contributed by atoms with Crippen LogP contribution in [0.2, 0.25) is 0 Å². The molecular formula is C42H71O10P. The maximum atomic E-state index is 12.6. The highest BCUT2D eigenvalue weighted by molar-refractivity contribution is 7.47. The molecule has 0 rings (SSSR count). The van der Waals surface area contributed by atoms with Gasteiger partial charge in [-0.25, -0.2) is 4.57 Å². The molecule has 0 radical (unpaired) electrons. The Hall–Kier alpha value is -2.59. The number of hydrogen-bond acceptors (Lipinski definition) is 9. The van der Waals surface area contributed by atoms with E-state index in [0.717, 1.165) is 64.2 Å². The summed E-state index contributed by atoms with van der Waals surface area (Å²) in [5.41, 5.74) is 0. The van der Waals surface area contributed by atoms with E-state index in [1.807, 2.05) is 0 Å². The summed E-state index contributed by atoms with van der Waals surface area (Å²) in [6, 6.07) is 0. The van der Waals surface area contributed by atoms with Gasteiger partial charge in [0, 0.05) is 12.8 Å². The second kappa shape index (κ2) is 37.7. The standard InChI is InChI=1S/C42H71O10P/c1-3-5-7-9-11-13-15-17-19-21-23-25-27-29-31-33-41(45)49-37-40(38-51-53(47,48)50-36-39(44)35-43)52-42(46)34-32-30-28-26-24-22-20-18-16-14-12-10-8-6-4-2/h6,8,12,14,17-20,23-26,39-40,43-44H,3-5,7,9-11,13,15-16,21-22,27-38H2,1-2H3,(H,47,48)/b8-6+,14-12+,19-17+,20-18+,25-23+,26-24+/t39-,40+/m0/s1. The van der Waals surface area contributed by atoms with Crippen LogP contribution in [0, 0.1) is 0 Å². The number of aliphatic hydroxyl groups excluding tert-OH is 2. The first-order valence-electron chi connectivity index (χ1n) is 19.9. The van der Waals surface area contributed by atoms with Gasteiger partial charge in [0.25, 0.3) is 0 Å². The molecule has 1 unspecified atom stereocenters. The van der Waals surface area contributed by atoms with Crippen LogP contribution in [0.3, 0.4) is 0 Å². The summed E-state index contributed by atoms with van der Waals surface area (Å²) >= 11 is 0. The lowest BCUT2D eigenvalue weighted by Gasteiger charge is -2.20. The van der Waals surface area contributed by atoms with Crippen LogP contribution in [0.1, 0.15) is 142 Å². The van der Waals surface area contributed by atoms with Gasteiger partial charge in [0.2, 0.25) is 0 Å². The van der Waals surface area contributed by atoms with E-state index in [1.165, 1.54) is 38.5 Å². The van der Waals surface area contributed by atoms with Gasteiger partial charge >= 0.3 is 19.8 Å². The molecule has 0 aliphatic carbocycles. The number of allylic oxidation sites excluding steroid dienone is 12. The van der Waals surface area contributed by atoms with Crippen LogP contribution in [0.4, 0.5) is 0 Å². The van der Waals surface area contributed by atoms with Gasteiger partial charge in [0.1, 0.15) is 12.7 Å². The van der Waals surface area contributed by atoms with Gasteiger partial charge in [-0.1, -0.05) is 119 Å². The summed E-state index contributed by atoms with van der Waals surface area (Å²) in [5, 5.41) is 18.3. The summed E-state index contributed by atoms with van der Waals surface area (Å²) in [6.07, 6.45) is 41.6. The fourth-order valence-electron chi connectivity index (χ4n) is 4.78. The maximum absolute atomic E-state index is 12.6. The first-order valence-corrected chi connectivity index (χ1v) is 21.4. The van der Waals surface area contributed by atoms with Gasteiger partial charge in [0.15, 0.2) is 6.10 Å². The quantitative estimate of drug-likeness (QED) is 0.0243. The van der Waals surface area contributed by atoms with E-state index in [9.17, 15) is 24.2 Å². The fraction of sp³-hybridized carbons (Fsp3) is 0.667. The van der Waals surface area contributed by atoms with Crippen LogP contribution >= 0.6 is 7.82 Å². The van der Waals surface area contributed by atoms with E-state index in [1.54, 1.807) is 0 Å². The average molecular weight is 767 g/mol. The fourth-order valence-corrected chi connectivity index (χ4v) is 5.57. The van der Waals surface area contributed by atoms with E-state index >= 15 is 0 Å². The number of hydrogen-bond donors (Lipinski definition) is 3. The number of phosphoric acid groups is 1. The van der Waals surface area contributed by atoms with Crippen LogP contribution in [0.15, 0.2) is 72.9 Å². The van der Waals surface area contributed by atoms with Crippen molar-refractivity contribution in [2.45, 2.75) is 154 Å². The summed E-state index contributed by atoms with van der Waals surface area (Å²) in [4.78, 5) is 34.9. The van der Waals surface area contributed by atoms with Crippen molar-refractivity contribution in [2.24, 2.45) is 0 Å². The molecule has 0 aromatic heterocycles. The molecule has 53 heavy (non-hydrogen) atoms. The highest BCUT2D eigenvalue weighted by Gasteiger charge is 2.27. The molecule has 3 atom stereocenters. The number of phosphoric ester groups is 1. The molecule has 0 aliphatic heterocycles. The van der Waals surface area contributed by atoms with Crippen molar-refractivity contribution < 1.29 is 47.8 Å². The first kappa shape index (κ1) is 50.4. The molecule has 0 spiro atoms. The van der Waals surface area contributed by atoms with E-state index in [2.05, 4.69) is 91.3 Å². The lowest BCUT2D eigenvalue weighted by atomic mass is 10.1. The maximum Gasteiger partial charge on any atom is 0.472 e. The molecule has 0 heterocycles. The van der Waals surface area contributed by atoms with Crippen molar-refractivity contribution >= 4 is 19.8 Å². The average Bonchev–Trinajstić information content (AvgIpc) is 3.14. The number of rotatable bonds is 36. The predicted octanol–water partition coefficient (Wildman–Crippen LogP) is 10.1. The SMILES string of the molecule is CC/C=C/C/C=C/C/C=C/C/C=C/CCCCC(=O)O[C@H](COC(=O)CCCC/C=C/C/C=C/CCCCCCCC)COP(=O)(O)OC[C@@H](O)CO. The largest absolute Gasteiger partial charge is 0.472 e. The summed E-state index contributed by atoms with van der Waals surface area (Å²) < 4.78 is 32.5. The lowest BCUT2D eigenvalue weighted by Crippen LogP contribution is -2.29. The third kappa shape index (κ3) is 37.5. The second-order valence-corrected chi connectivity index (χ2v) is 14.4. The number of unbranched alkanes of at least 4 members (excludes halogenated alkanes) is 10. The Morgan fingerprint density at radius 1 is 0.585 bits per heavy atom. The molecule has 0 aliphatic rings. The number of ether oxygens (including phenoxy) is 2. The monoisotopic (exact) mass is 766 g/mol. The van der Waals surface area contributed by atoms with E-state index in [4.69, 9.17) is 19.1 Å². The van der Waals surface area contributed by atoms with Crippen LogP contribution < -0.4 is 0 Å². The molecular weight excluding hydrogens is 695 g/mol. The minimum Gasteiger partial charge on any atom is -0.462 e. The van der Waals surface area contributed by atoms with Gasteiger partial charge in [-0.2, -0.15) is 0 Å². The molecule has 0 saturated heterocycles. The van der Waals surface area contributed by atoms with E-state index in [0.29, 0.717) is 12.8 Å². The summed E-state index contributed by atoms with van der Waals surface area (Å²) in [5.74, 6) is -1.02. The van der Waals surface area contributed by atoms with E-state index in [-0.39, 0.29) is 19.4 Å². The Morgan fingerprint density at radius 3 is 1.57 bits per heavy atom. The number of carbonyl (C=O) groups is 2.